The summed E-state index contributed by atoms with van der Waals surface area (Å²) in [6.07, 6.45) is 0. The van der Waals surface area contributed by atoms with Crippen LogP contribution in [0.3, 0.4) is 0 Å². The molecule has 0 aliphatic heterocycles. The maximum Gasteiger partial charge on any atom is 0.254 e. The van der Waals surface area contributed by atoms with Gasteiger partial charge in [0.15, 0.2) is 0 Å². The predicted octanol–water partition coefficient (Wildman–Crippen LogP) is 2.72. The van der Waals surface area contributed by atoms with Gasteiger partial charge in [-0.2, -0.15) is 0 Å². The van der Waals surface area contributed by atoms with Crippen LogP contribution in [0.5, 0.6) is 0 Å². The topological polar surface area (TPSA) is 54.4 Å². The number of hydrogen-bond acceptors (Lipinski definition) is 2. The van der Waals surface area contributed by atoms with Gasteiger partial charge in [-0.25, -0.2) is 8.42 Å². The standard InChI is InChI=1S/C6H3Cl3.H2O3S/c7-4-1-5(8)3-6(9)2-4;1-4(2)3/h1-3H;4H,(H,1,2,3). The van der Waals surface area contributed by atoms with Crippen molar-refractivity contribution in [2.24, 2.45) is 0 Å². The molecule has 0 heterocycles. The molecule has 0 aromatic heterocycles. The Hall–Kier alpha value is -0.000000000000000132. The van der Waals surface area contributed by atoms with Crippen LogP contribution in [-0.2, 0) is 11.0 Å². The van der Waals surface area contributed by atoms with Crippen molar-refractivity contribution in [2.75, 3.05) is 0 Å². The van der Waals surface area contributed by atoms with Crippen LogP contribution < -0.4 is 0 Å². The van der Waals surface area contributed by atoms with Crippen LogP contribution in [0.1, 0.15) is 0 Å². The van der Waals surface area contributed by atoms with Gasteiger partial charge in [0.2, 0.25) is 0 Å². The van der Waals surface area contributed by atoms with Gasteiger partial charge in [-0.15, -0.1) is 0 Å². The molecule has 3 nitrogen and oxygen atoms in total. The van der Waals surface area contributed by atoms with Crippen molar-refractivity contribution in [3.63, 3.8) is 0 Å². The molecule has 0 aliphatic rings. The summed E-state index contributed by atoms with van der Waals surface area (Å²) in [5.74, 6) is 0. The Morgan fingerprint density at radius 1 is 0.923 bits per heavy atom. The van der Waals surface area contributed by atoms with Crippen LogP contribution in [0.2, 0.25) is 15.1 Å². The summed E-state index contributed by atoms with van der Waals surface area (Å²) < 4.78 is 24.2. The first kappa shape index (κ1) is 13.0. The van der Waals surface area contributed by atoms with Crippen LogP contribution in [0.4, 0.5) is 0 Å². The van der Waals surface area contributed by atoms with Crippen LogP contribution in [0.15, 0.2) is 18.2 Å². The third-order valence-electron chi connectivity index (χ3n) is 0.827. The third kappa shape index (κ3) is 8.33. The predicted molar refractivity (Wildman–Crippen MR) is 54.4 cm³/mol. The smallest absolute Gasteiger partial charge is 0.254 e. The zero-order valence-corrected chi connectivity index (χ0v) is 9.24. The van der Waals surface area contributed by atoms with E-state index in [0.29, 0.717) is 15.1 Å². The Morgan fingerprint density at radius 2 is 1.08 bits per heavy atom. The van der Waals surface area contributed by atoms with Crippen molar-refractivity contribution in [1.82, 2.24) is 0 Å². The van der Waals surface area contributed by atoms with Crippen molar-refractivity contribution in [3.8, 4) is 0 Å². The molecule has 0 saturated heterocycles. The van der Waals surface area contributed by atoms with Gasteiger partial charge in [-0.1, -0.05) is 34.8 Å². The summed E-state index contributed by atoms with van der Waals surface area (Å²) in [5.41, 5.74) is 0. The van der Waals surface area contributed by atoms with E-state index in [1.807, 2.05) is 0 Å². The van der Waals surface area contributed by atoms with E-state index in [9.17, 15) is 0 Å². The molecule has 1 rings (SSSR count). The molecule has 0 unspecified atom stereocenters. The molecule has 0 saturated carbocycles. The Labute approximate surface area is 92.0 Å². The number of benzene rings is 1. The minimum Gasteiger partial charge on any atom is -0.288 e. The molecule has 0 bridgehead atoms. The summed E-state index contributed by atoms with van der Waals surface area (Å²) in [4.78, 5) is 0. The van der Waals surface area contributed by atoms with Crippen molar-refractivity contribution >= 4 is 45.8 Å². The minimum absolute atomic E-state index is 0.563. The van der Waals surface area contributed by atoms with Gasteiger partial charge in [0.1, 0.15) is 0 Å². The number of halogens is 3. The maximum absolute atomic E-state index is 8.59. The van der Waals surface area contributed by atoms with Gasteiger partial charge in [-0.05, 0) is 18.2 Å². The molecule has 0 fully saturated rings. The Kier molecular flexibility index (Phi) is 6.45. The summed E-state index contributed by atoms with van der Waals surface area (Å²) >= 11 is 16.7. The maximum atomic E-state index is 8.59. The van der Waals surface area contributed by atoms with Gasteiger partial charge < -0.3 is 0 Å². The second kappa shape index (κ2) is 6.45. The van der Waals surface area contributed by atoms with E-state index >= 15 is 0 Å². The molecule has 0 spiro atoms. The average molecular weight is 264 g/mol. The quantitative estimate of drug-likeness (QED) is 0.559. The van der Waals surface area contributed by atoms with Crippen LogP contribution in [-0.4, -0.2) is 13.0 Å². The molecular formula is C6H5Cl3O3S. The molecule has 1 aromatic carbocycles. The van der Waals surface area contributed by atoms with E-state index in [1.54, 1.807) is 18.2 Å². The van der Waals surface area contributed by atoms with Crippen LogP contribution >= 0.6 is 34.8 Å². The van der Waals surface area contributed by atoms with E-state index in [1.165, 1.54) is 0 Å². The molecule has 13 heavy (non-hydrogen) atoms. The molecule has 0 radical (unpaired) electrons. The fourth-order valence-corrected chi connectivity index (χ4v) is 1.39. The molecule has 1 N–H and O–H groups in total. The van der Waals surface area contributed by atoms with E-state index < -0.39 is 11.0 Å². The monoisotopic (exact) mass is 262 g/mol. The number of thiol groups is 1. The summed E-state index contributed by atoms with van der Waals surface area (Å²) in [6.45, 7) is 0. The van der Waals surface area contributed by atoms with Crippen LogP contribution in [0.25, 0.3) is 0 Å². The highest BCUT2D eigenvalue weighted by atomic mass is 35.5. The molecule has 0 aliphatic carbocycles. The minimum atomic E-state index is -3.12. The van der Waals surface area contributed by atoms with Gasteiger partial charge in [0.25, 0.3) is 11.0 Å². The SMILES string of the molecule is Clc1cc(Cl)cc(Cl)c1.O=[SH](=O)O. The van der Waals surface area contributed by atoms with E-state index in [4.69, 9.17) is 47.8 Å². The van der Waals surface area contributed by atoms with E-state index in [2.05, 4.69) is 0 Å². The van der Waals surface area contributed by atoms with Gasteiger partial charge in [0, 0.05) is 15.1 Å². The first-order valence-electron chi connectivity index (χ1n) is 2.86. The Balaban J connectivity index is 0.000000310. The lowest BCUT2D eigenvalue weighted by molar-refractivity contribution is 0.509. The summed E-state index contributed by atoms with van der Waals surface area (Å²) in [5, 5.41) is 1.69. The molecular weight excluding hydrogens is 258 g/mol. The van der Waals surface area contributed by atoms with Crippen molar-refractivity contribution in [2.45, 2.75) is 0 Å². The largest absolute Gasteiger partial charge is 0.288 e. The van der Waals surface area contributed by atoms with Crippen molar-refractivity contribution in [1.29, 1.82) is 0 Å². The zero-order chi connectivity index (χ0) is 10.4. The number of rotatable bonds is 0. The lowest BCUT2D eigenvalue weighted by Gasteiger charge is -1.91. The van der Waals surface area contributed by atoms with Crippen molar-refractivity contribution in [3.05, 3.63) is 33.3 Å². The van der Waals surface area contributed by atoms with E-state index in [0.717, 1.165) is 0 Å². The average Bonchev–Trinajstić information content (AvgIpc) is 1.80. The first-order chi connectivity index (χ1) is 5.91. The third-order valence-corrected chi connectivity index (χ3v) is 1.48. The lowest BCUT2D eigenvalue weighted by Crippen LogP contribution is -1.65. The Bertz CT molecular complexity index is 292. The first-order valence-corrected chi connectivity index (χ1v) is 5.13. The Morgan fingerprint density at radius 3 is 1.23 bits per heavy atom. The molecule has 0 amide bonds. The molecule has 1 aromatic rings. The second-order valence-electron chi connectivity index (χ2n) is 1.83. The summed E-state index contributed by atoms with van der Waals surface area (Å²) in [7, 11) is -3.12. The summed E-state index contributed by atoms with van der Waals surface area (Å²) in [6, 6.07) is 4.90. The second-order valence-corrected chi connectivity index (χ2v) is 3.61. The fraction of sp³-hybridized carbons (Fsp3) is 0. The highest BCUT2D eigenvalue weighted by Crippen LogP contribution is 2.21. The highest BCUT2D eigenvalue weighted by molar-refractivity contribution is 7.66. The van der Waals surface area contributed by atoms with Gasteiger partial charge >= 0.3 is 0 Å². The lowest BCUT2D eigenvalue weighted by atomic mass is 10.4. The molecule has 74 valence electrons. The highest BCUT2D eigenvalue weighted by Gasteiger charge is 1.92. The molecule has 0 atom stereocenters. The van der Waals surface area contributed by atoms with Gasteiger partial charge in [-0.3, -0.25) is 4.55 Å². The van der Waals surface area contributed by atoms with Crippen molar-refractivity contribution < 1.29 is 13.0 Å². The fourth-order valence-electron chi connectivity index (χ4n) is 0.520. The van der Waals surface area contributed by atoms with Gasteiger partial charge in [0.05, 0.1) is 0 Å². The zero-order valence-electron chi connectivity index (χ0n) is 6.08. The van der Waals surface area contributed by atoms with E-state index in [-0.39, 0.29) is 0 Å². The number of hydrogen-bond donors (Lipinski definition) is 2. The normalized spacial score (nSPS) is 9.31. The van der Waals surface area contributed by atoms with Crippen LogP contribution in [0, 0.1) is 0 Å². The molecule has 7 heteroatoms.